The fraction of sp³-hybridized carbons (Fsp3) is 0.105. The van der Waals surface area contributed by atoms with Crippen molar-refractivity contribution < 1.29 is 24.3 Å². The van der Waals surface area contributed by atoms with Crippen LogP contribution in [0, 0.1) is 0 Å². The zero-order valence-electron chi connectivity index (χ0n) is 14.8. The monoisotopic (exact) mass is 369 g/mol. The lowest BCUT2D eigenvalue weighted by Crippen LogP contribution is -2.17. The maximum atomic E-state index is 12.2. The molecule has 0 aliphatic heterocycles. The Morgan fingerprint density at radius 1 is 1.04 bits per heavy atom. The molecule has 8 nitrogen and oxygen atoms in total. The first-order valence-corrected chi connectivity index (χ1v) is 7.85. The fourth-order valence-electron chi connectivity index (χ4n) is 2.18. The minimum absolute atomic E-state index is 0.392. The Bertz CT molecular complexity index is 838. The van der Waals surface area contributed by atoms with Gasteiger partial charge in [0.1, 0.15) is 11.5 Å². The number of carbonyl (C=O) groups excluding carboxylic acids is 2. The summed E-state index contributed by atoms with van der Waals surface area (Å²) < 4.78 is 10.5. The van der Waals surface area contributed by atoms with Crippen LogP contribution in [0.25, 0.3) is 6.08 Å². The first-order valence-electron chi connectivity index (χ1n) is 7.85. The molecule has 0 bridgehead atoms. The van der Waals surface area contributed by atoms with E-state index in [4.69, 9.17) is 14.7 Å². The quantitative estimate of drug-likeness (QED) is 0.299. The molecule has 0 aromatic heterocycles. The van der Waals surface area contributed by atoms with E-state index in [1.165, 1.54) is 38.1 Å². The fourth-order valence-corrected chi connectivity index (χ4v) is 2.18. The number of amides is 2. The number of hydrogen-bond donors (Lipinski definition) is 3. The maximum Gasteiger partial charge on any atom is 0.271 e. The molecule has 0 saturated carbocycles. The van der Waals surface area contributed by atoms with Crippen LogP contribution < -0.4 is 20.4 Å². The molecule has 0 unspecified atom stereocenters. The molecule has 0 aliphatic rings. The number of hydroxylamine groups is 1. The normalized spacial score (nSPS) is 10.8. The minimum Gasteiger partial charge on any atom is -0.496 e. The minimum atomic E-state index is -0.641. The number of nitrogens with one attached hydrogen (secondary N) is 2. The van der Waals surface area contributed by atoms with Crippen LogP contribution in [0.5, 0.6) is 11.5 Å². The van der Waals surface area contributed by atoms with Gasteiger partial charge in [-0.25, -0.2) is 10.9 Å². The average Bonchev–Trinajstić information content (AvgIpc) is 2.72. The van der Waals surface area contributed by atoms with Crippen molar-refractivity contribution in [1.82, 2.24) is 10.9 Å². The SMILES string of the molecule is COc1cccc(OC)c1C=NNC(=O)c1ccc(C=CC(=O)NO)cc1. The van der Waals surface area contributed by atoms with E-state index in [0.29, 0.717) is 28.2 Å². The maximum absolute atomic E-state index is 12.2. The van der Waals surface area contributed by atoms with Gasteiger partial charge in [0, 0.05) is 11.6 Å². The largest absolute Gasteiger partial charge is 0.496 e. The summed E-state index contributed by atoms with van der Waals surface area (Å²) in [5.74, 6) is 0.0903. The Morgan fingerprint density at radius 3 is 2.22 bits per heavy atom. The molecule has 0 heterocycles. The van der Waals surface area contributed by atoms with Crippen LogP contribution in [-0.2, 0) is 4.79 Å². The second kappa shape index (κ2) is 9.73. The number of hydrogen-bond acceptors (Lipinski definition) is 6. The van der Waals surface area contributed by atoms with Crippen molar-refractivity contribution in [2.75, 3.05) is 14.2 Å². The van der Waals surface area contributed by atoms with Gasteiger partial charge in [-0.15, -0.1) is 0 Å². The van der Waals surface area contributed by atoms with E-state index in [-0.39, 0.29) is 0 Å². The number of nitrogens with zero attached hydrogens (tertiary/aromatic N) is 1. The molecule has 0 spiro atoms. The van der Waals surface area contributed by atoms with E-state index in [2.05, 4.69) is 10.5 Å². The average molecular weight is 369 g/mol. The van der Waals surface area contributed by atoms with Crippen molar-refractivity contribution in [3.8, 4) is 11.5 Å². The van der Waals surface area contributed by atoms with Crippen LogP contribution >= 0.6 is 0 Å². The van der Waals surface area contributed by atoms with Crippen LogP contribution in [0.2, 0.25) is 0 Å². The van der Waals surface area contributed by atoms with E-state index in [1.807, 2.05) is 0 Å². The standard InChI is InChI=1S/C19H19N3O5/c1-26-16-4-3-5-17(27-2)15(16)12-20-21-19(24)14-9-6-13(7-10-14)8-11-18(23)22-25/h3-12,25H,1-2H3,(H,21,24)(H,22,23). The summed E-state index contributed by atoms with van der Waals surface area (Å²) in [5, 5.41) is 12.4. The van der Waals surface area contributed by atoms with Gasteiger partial charge in [-0.2, -0.15) is 5.10 Å². The van der Waals surface area contributed by atoms with Gasteiger partial charge in [-0.3, -0.25) is 14.8 Å². The third kappa shape index (κ3) is 5.41. The molecule has 2 aromatic carbocycles. The molecule has 2 rings (SSSR count). The summed E-state index contributed by atoms with van der Waals surface area (Å²) in [7, 11) is 3.07. The van der Waals surface area contributed by atoms with Crippen molar-refractivity contribution >= 4 is 24.1 Å². The van der Waals surface area contributed by atoms with Crippen molar-refractivity contribution in [3.05, 3.63) is 65.2 Å². The van der Waals surface area contributed by atoms with E-state index in [9.17, 15) is 9.59 Å². The second-order valence-corrected chi connectivity index (χ2v) is 5.21. The highest BCUT2D eigenvalue weighted by atomic mass is 16.5. The number of methoxy groups -OCH3 is 2. The predicted molar refractivity (Wildman–Crippen MR) is 100 cm³/mol. The highest BCUT2D eigenvalue weighted by Crippen LogP contribution is 2.26. The molecule has 0 atom stereocenters. The second-order valence-electron chi connectivity index (χ2n) is 5.21. The first-order chi connectivity index (χ1) is 13.1. The summed E-state index contributed by atoms with van der Waals surface area (Å²) in [6, 6.07) is 11.8. The highest BCUT2D eigenvalue weighted by Gasteiger charge is 2.08. The molecule has 0 fully saturated rings. The van der Waals surface area contributed by atoms with E-state index in [0.717, 1.165) is 0 Å². The number of benzene rings is 2. The van der Waals surface area contributed by atoms with Gasteiger partial charge in [0.05, 0.1) is 26.0 Å². The van der Waals surface area contributed by atoms with Gasteiger partial charge in [0.2, 0.25) is 0 Å². The van der Waals surface area contributed by atoms with Gasteiger partial charge in [-0.1, -0.05) is 18.2 Å². The molecule has 140 valence electrons. The van der Waals surface area contributed by atoms with Crippen LogP contribution in [0.4, 0.5) is 0 Å². The van der Waals surface area contributed by atoms with Crippen LogP contribution in [0.3, 0.4) is 0 Å². The first kappa shape index (κ1) is 19.7. The van der Waals surface area contributed by atoms with Crippen LogP contribution in [0.15, 0.2) is 53.6 Å². The Kier molecular flexibility index (Phi) is 7.09. The topological polar surface area (TPSA) is 109 Å². The summed E-state index contributed by atoms with van der Waals surface area (Å²) in [6.45, 7) is 0. The zero-order chi connectivity index (χ0) is 19.6. The number of carbonyl (C=O) groups is 2. The third-order valence-corrected chi connectivity index (χ3v) is 3.54. The highest BCUT2D eigenvalue weighted by molar-refractivity contribution is 5.96. The van der Waals surface area contributed by atoms with Crippen LogP contribution in [-0.4, -0.2) is 37.5 Å². The lowest BCUT2D eigenvalue weighted by Gasteiger charge is -2.09. The van der Waals surface area contributed by atoms with E-state index >= 15 is 0 Å². The molecule has 8 heteroatoms. The van der Waals surface area contributed by atoms with Gasteiger partial charge < -0.3 is 9.47 Å². The Balaban J connectivity index is 2.05. The van der Waals surface area contributed by atoms with Crippen molar-refractivity contribution in [3.63, 3.8) is 0 Å². The van der Waals surface area contributed by atoms with Crippen molar-refractivity contribution in [1.29, 1.82) is 0 Å². The number of ether oxygens (including phenoxy) is 2. The van der Waals surface area contributed by atoms with E-state index in [1.54, 1.807) is 42.5 Å². The lowest BCUT2D eigenvalue weighted by atomic mass is 10.1. The smallest absolute Gasteiger partial charge is 0.271 e. The van der Waals surface area contributed by atoms with Crippen molar-refractivity contribution in [2.24, 2.45) is 5.10 Å². The number of hydrazone groups is 1. The van der Waals surface area contributed by atoms with Crippen LogP contribution in [0.1, 0.15) is 21.5 Å². The molecule has 0 saturated heterocycles. The van der Waals surface area contributed by atoms with Crippen molar-refractivity contribution in [2.45, 2.75) is 0 Å². The summed E-state index contributed by atoms with van der Waals surface area (Å²) >= 11 is 0. The number of rotatable bonds is 7. The zero-order valence-corrected chi connectivity index (χ0v) is 14.8. The molecular weight excluding hydrogens is 350 g/mol. The summed E-state index contributed by atoms with van der Waals surface area (Å²) in [5.41, 5.74) is 5.61. The summed E-state index contributed by atoms with van der Waals surface area (Å²) in [4.78, 5) is 23.1. The van der Waals surface area contributed by atoms with Gasteiger partial charge in [0.25, 0.3) is 11.8 Å². The molecule has 3 N–H and O–H groups in total. The Hall–Kier alpha value is -3.65. The van der Waals surface area contributed by atoms with E-state index < -0.39 is 11.8 Å². The summed E-state index contributed by atoms with van der Waals surface area (Å²) in [6.07, 6.45) is 4.11. The van der Waals surface area contributed by atoms with Gasteiger partial charge in [-0.05, 0) is 35.9 Å². The Morgan fingerprint density at radius 2 is 1.67 bits per heavy atom. The molecule has 0 radical (unpaired) electrons. The Labute approximate surface area is 156 Å². The lowest BCUT2D eigenvalue weighted by molar-refractivity contribution is -0.124. The molecular formula is C19H19N3O5. The predicted octanol–water partition coefficient (Wildman–Crippen LogP) is 1.99. The molecule has 27 heavy (non-hydrogen) atoms. The van der Waals surface area contributed by atoms with Gasteiger partial charge in [0.15, 0.2) is 0 Å². The molecule has 2 amide bonds. The third-order valence-electron chi connectivity index (χ3n) is 3.54. The molecule has 0 aliphatic carbocycles. The molecule has 2 aromatic rings. The van der Waals surface area contributed by atoms with Gasteiger partial charge >= 0.3 is 0 Å².